The zero-order chi connectivity index (χ0) is 18.9. The van der Waals surface area contributed by atoms with E-state index in [1.165, 1.54) is 30.5 Å². The molecule has 0 atom stereocenters. The lowest BCUT2D eigenvalue weighted by Crippen LogP contribution is -2.32. The number of benzene rings is 1. The molecule has 136 valence electrons. The SMILES string of the molecule is O=C(COC(=O)c1cccnc1Cl)NCCNc1ccc([N+](=O)[O-])cc1. The van der Waals surface area contributed by atoms with Gasteiger partial charge in [-0.1, -0.05) is 11.6 Å². The minimum absolute atomic E-state index is 0.000567. The van der Waals surface area contributed by atoms with Gasteiger partial charge in [0.25, 0.3) is 11.6 Å². The van der Waals surface area contributed by atoms with Crippen molar-refractivity contribution in [2.45, 2.75) is 0 Å². The smallest absolute Gasteiger partial charge is 0.341 e. The fourth-order valence-corrected chi connectivity index (χ4v) is 2.10. The first-order valence-electron chi connectivity index (χ1n) is 7.50. The topological polar surface area (TPSA) is 123 Å². The van der Waals surface area contributed by atoms with Crippen LogP contribution in [0.4, 0.5) is 11.4 Å². The van der Waals surface area contributed by atoms with Crippen molar-refractivity contribution in [1.82, 2.24) is 10.3 Å². The third-order valence-electron chi connectivity index (χ3n) is 3.17. The molecule has 1 amide bonds. The molecule has 2 aromatic rings. The molecule has 2 N–H and O–H groups in total. The van der Waals surface area contributed by atoms with Crippen LogP contribution in [0.2, 0.25) is 5.15 Å². The summed E-state index contributed by atoms with van der Waals surface area (Å²) in [6, 6.07) is 8.88. The normalized spacial score (nSPS) is 10.0. The fourth-order valence-electron chi connectivity index (χ4n) is 1.91. The third-order valence-corrected chi connectivity index (χ3v) is 3.47. The van der Waals surface area contributed by atoms with Gasteiger partial charge >= 0.3 is 5.97 Å². The molecule has 1 heterocycles. The summed E-state index contributed by atoms with van der Waals surface area (Å²) in [5, 5.41) is 16.1. The van der Waals surface area contributed by atoms with Crippen molar-refractivity contribution < 1.29 is 19.2 Å². The van der Waals surface area contributed by atoms with Crippen molar-refractivity contribution in [1.29, 1.82) is 0 Å². The Labute approximate surface area is 153 Å². The maximum atomic E-state index is 11.8. The Morgan fingerprint density at radius 3 is 2.58 bits per heavy atom. The highest BCUT2D eigenvalue weighted by molar-refractivity contribution is 6.32. The monoisotopic (exact) mass is 378 g/mol. The summed E-state index contributed by atoms with van der Waals surface area (Å²) in [5.74, 6) is -1.20. The maximum absolute atomic E-state index is 11.8. The van der Waals surface area contributed by atoms with Crippen LogP contribution in [-0.2, 0) is 9.53 Å². The molecule has 0 radical (unpaired) electrons. The van der Waals surface area contributed by atoms with Crippen LogP contribution in [0.5, 0.6) is 0 Å². The first kappa shape index (κ1) is 19.1. The lowest BCUT2D eigenvalue weighted by molar-refractivity contribution is -0.384. The van der Waals surface area contributed by atoms with Gasteiger partial charge in [0.15, 0.2) is 6.61 Å². The summed E-state index contributed by atoms with van der Waals surface area (Å²) in [4.78, 5) is 37.3. The van der Waals surface area contributed by atoms with Gasteiger partial charge in [-0.3, -0.25) is 14.9 Å². The number of nitro groups is 1. The first-order valence-corrected chi connectivity index (χ1v) is 7.88. The van der Waals surface area contributed by atoms with Crippen LogP contribution in [0.25, 0.3) is 0 Å². The van der Waals surface area contributed by atoms with Crippen LogP contribution in [0.3, 0.4) is 0 Å². The minimum Gasteiger partial charge on any atom is -0.452 e. The summed E-state index contributed by atoms with van der Waals surface area (Å²) >= 11 is 5.76. The average Bonchev–Trinajstić information content (AvgIpc) is 2.64. The number of amides is 1. The molecule has 0 saturated carbocycles. The number of anilines is 1. The molecule has 0 bridgehead atoms. The molecular formula is C16H15ClN4O5. The number of hydrogen-bond acceptors (Lipinski definition) is 7. The highest BCUT2D eigenvalue weighted by atomic mass is 35.5. The summed E-state index contributed by atoms with van der Waals surface area (Å²) in [6.07, 6.45) is 1.43. The van der Waals surface area contributed by atoms with E-state index in [2.05, 4.69) is 15.6 Å². The lowest BCUT2D eigenvalue weighted by Gasteiger charge is -2.09. The van der Waals surface area contributed by atoms with E-state index in [-0.39, 0.29) is 22.9 Å². The maximum Gasteiger partial charge on any atom is 0.341 e. The molecule has 0 aliphatic heterocycles. The Balaban J connectivity index is 1.66. The molecule has 10 heteroatoms. The van der Waals surface area contributed by atoms with Crippen molar-refractivity contribution in [3.63, 3.8) is 0 Å². The molecule has 0 spiro atoms. The number of pyridine rings is 1. The van der Waals surface area contributed by atoms with Crippen LogP contribution in [0, 0.1) is 10.1 Å². The number of non-ortho nitro benzene ring substituents is 1. The number of carbonyl (C=O) groups excluding carboxylic acids is 2. The third kappa shape index (κ3) is 5.71. The highest BCUT2D eigenvalue weighted by Crippen LogP contribution is 2.15. The van der Waals surface area contributed by atoms with E-state index in [4.69, 9.17) is 16.3 Å². The number of carbonyl (C=O) groups is 2. The number of nitrogens with zero attached hydrogens (tertiary/aromatic N) is 2. The second-order valence-corrected chi connectivity index (χ2v) is 5.36. The first-order chi connectivity index (χ1) is 12.5. The van der Waals surface area contributed by atoms with Gasteiger partial charge < -0.3 is 15.4 Å². The number of rotatable bonds is 8. The van der Waals surface area contributed by atoms with E-state index in [0.29, 0.717) is 12.2 Å². The number of hydrogen-bond donors (Lipinski definition) is 2. The Kier molecular flexibility index (Phi) is 6.86. The second-order valence-electron chi connectivity index (χ2n) is 5.00. The molecule has 1 aromatic heterocycles. The van der Waals surface area contributed by atoms with Gasteiger partial charge in [0.1, 0.15) is 5.15 Å². The van der Waals surface area contributed by atoms with Crippen LogP contribution in [-0.4, -0.2) is 41.5 Å². The molecule has 0 aliphatic rings. The van der Waals surface area contributed by atoms with E-state index in [1.54, 1.807) is 12.1 Å². The van der Waals surface area contributed by atoms with Crippen LogP contribution in [0.1, 0.15) is 10.4 Å². The van der Waals surface area contributed by atoms with Gasteiger partial charge in [0, 0.05) is 37.1 Å². The van der Waals surface area contributed by atoms with Crippen molar-refractivity contribution in [2.75, 3.05) is 25.0 Å². The Morgan fingerprint density at radius 1 is 1.19 bits per heavy atom. The van der Waals surface area contributed by atoms with Crippen molar-refractivity contribution in [3.8, 4) is 0 Å². The number of halogens is 1. The molecule has 0 fully saturated rings. The summed E-state index contributed by atoms with van der Waals surface area (Å²) < 4.78 is 4.86. The van der Waals surface area contributed by atoms with E-state index in [0.717, 1.165) is 0 Å². The largest absolute Gasteiger partial charge is 0.452 e. The summed E-state index contributed by atoms with van der Waals surface area (Å²) in [6.45, 7) is 0.231. The fraction of sp³-hybridized carbons (Fsp3) is 0.188. The molecule has 0 unspecified atom stereocenters. The summed E-state index contributed by atoms with van der Waals surface area (Å²) in [7, 11) is 0. The molecule has 9 nitrogen and oxygen atoms in total. The molecule has 1 aromatic carbocycles. The van der Waals surface area contributed by atoms with Gasteiger partial charge in [-0.05, 0) is 24.3 Å². The Bertz CT molecular complexity index is 797. The van der Waals surface area contributed by atoms with Gasteiger partial charge in [0.05, 0.1) is 10.5 Å². The van der Waals surface area contributed by atoms with Crippen molar-refractivity contribution in [2.24, 2.45) is 0 Å². The van der Waals surface area contributed by atoms with Crippen LogP contribution >= 0.6 is 11.6 Å². The molecule has 2 rings (SSSR count). The second kappa shape index (κ2) is 9.33. The van der Waals surface area contributed by atoms with Gasteiger partial charge in [0.2, 0.25) is 0 Å². The lowest BCUT2D eigenvalue weighted by atomic mass is 10.3. The van der Waals surface area contributed by atoms with Gasteiger partial charge in [-0.15, -0.1) is 0 Å². The molecular weight excluding hydrogens is 364 g/mol. The molecule has 26 heavy (non-hydrogen) atoms. The van der Waals surface area contributed by atoms with Gasteiger partial charge in [-0.2, -0.15) is 0 Å². The Hall–Kier alpha value is -3.20. The number of aromatic nitrogens is 1. The quantitative estimate of drug-likeness (QED) is 0.237. The highest BCUT2D eigenvalue weighted by Gasteiger charge is 2.13. The van der Waals surface area contributed by atoms with E-state index < -0.39 is 23.4 Å². The number of nitro benzene ring substituents is 1. The van der Waals surface area contributed by atoms with Crippen LogP contribution in [0.15, 0.2) is 42.6 Å². The van der Waals surface area contributed by atoms with E-state index in [1.807, 2.05) is 0 Å². The predicted octanol–water partition coefficient (Wildman–Crippen LogP) is 2.03. The zero-order valence-electron chi connectivity index (χ0n) is 13.5. The van der Waals surface area contributed by atoms with E-state index in [9.17, 15) is 19.7 Å². The minimum atomic E-state index is -0.734. The van der Waals surface area contributed by atoms with Gasteiger partial charge in [-0.25, -0.2) is 9.78 Å². The Morgan fingerprint density at radius 2 is 1.92 bits per heavy atom. The zero-order valence-corrected chi connectivity index (χ0v) is 14.2. The standard InChI is InChI=1S/C16H15ClN4O5/c17-15-13(2-1-7-20-15)16(23)26-10-14(22)19-9-8-18-11-3-5-12(6-4-11)21(24)25/h1-7,18H,8-10H2,(H,19,22). The van der Waals surface area contributed by atoms with Crippen molar-refractivity contribution in [3.05, 3.63) is 63.4 Å². The number of nitrogens with one attached hydrogen (secondary N) is 2. The number of ether oxygens (including phenoxy) is 1. The average molecular weight is 379 g/mol. The van der Waals surface area contributed by atoms with Crippen molar-refractivity contribution >= 4 is 34.9 Å². The molecule has 0 saturated heterocycles. The number of esters is 1. The van der Waals surface area contributed by atoms with Crippen LogP contribution < -0.4 is 10.6 Å². The summed E-state index contributed by atoms with van der Waals surface area (Å²) in [5.41, 5.74) is 0.767. The molecule has 0 aliphatic carbocycles. The predicted molar refractivity (Wildman–Crippen MR) is 94.1 cm³/mol. The van der Waals surface area contributed by atoms with E-state index >= 15 is 0 Å².